The van der Waals surface area contributed by atoms with Gasteiger partial charge in [0.1, 0.15) is 6.20 Å². The molecule has 14 heavy (non-hydrogen) atoms. The van der Waals surface area contributed by atoms with Gasteiger partial charge in [0.05, 0.1) is 6.20 Å². The van der Waals surface area contributed by atoms with Crippen molar-refractivity contribution in [1.82, 2.24) is 4.98 Å². The third-order valence-electron chi connectivity index (χ3n) is 0.880. The van der Waals surface area contributed by atoms with Crippen molar-refractivity contribution in [2.45, 2.75) is 6.00 Å². The predicted octanol–water partition coefficient (Wildman–Crippen LogP) is -0.0869. The lowest BCUT2D eigenvalue weighted by molar-refractivity contribution is -0.681. The van der Waals surface area contributed by atoms with Crippen LogP contribution in [-0.4, -0.2) is 18.0 Å². The Morgan fingerprint density at radius 3 is 2.43 bits per heavy atom. The van der Waals surface area contributed by atoms with Gasteiger partial charge in [0, 0.05) is 6.07 Å². The van der Waals surface area contributed by atoms with E-state index in [1.165, 1.54) is 0 Å². The molecule has 80 valence electrons. The first-order valence-corrected chi connectivity index (χ1v) is 4.97. The zero-order valence-corrected chi connectivity index (χ0v) is 8.28. The van der Waals surface area contributed by atoms with Crippen molar-refractivity contribution in [3.63, 3.8) is 0 Å². The van der Waals surface area contributed by atoms with E-state index < -0.39 is 10.4 Å². The van der Waals surface area contributed by atoms with E-state index in [-0.39, 0.29) is 0 Å². The van der Waals surface area contributed by atoms with Gasteiger partial charge in [-0.2, -0.15) is 0 Å². The van der Waals surface area contributed by atoms with E-state index in [9.17, 15) is 4.53 Å². The van der Waals surface area contributed by atoms with E-state index in [0.29, 0.717) is 6.00 Å². The van der Waals surface area contributed by atoms with Crippen molar-refractivity contribution < 1.29 is 26.5 Å². The van der Waals surface area contributed by atoms with Crippen molar-refractivity contribution in [1.29, 1.82) is 0 Å². The van der Waals surface area contributed by atoms with Gasteiger partial charge in [-0.1, -0.05) is 21.0 Å². The summed E-state index contributed by atoms with van der Waals surface area (Å²) in [6, 6.07) is 2.30. The number of halogens is 2. The predicted molar refractivity (Wildman–Crippen MR) is 42.2 cm³/mol. The molecule has 1 aromatic heterocycles. The van der Waals surface area contributed by atoms with Crippen LogP contribution in [0.15, 0.2) is 24.8 Å². The number of aromatic nitrogens is 2. The van der Waals surface area contributed by atoms with Gasteiger partial charge in [-0.15, -0.1) is 0 Å². The lowest BCUT2D eigenvalue weighted by atomic mass is 10.7. The molecule has 0 radical (unpaired) electrons. The molecule has 0 aliphatic carbocycles. The van der Waals surface area contributed by atoms with Crippen molar-refractivity contribution in [3.8, 4) is 0 Å². The number of hydrogen-bond acceptors (Lipinski definition) is 5. The smallest absolute Gasteiger partial charge is 0.287 e. The minimum absolute atomic E-state index is 0.466. The molecular formula is C5H6ClFN2O4S. The minimum Gasteiger partial charge on any atom is -0.724 e. The highest BCUT2D eigenvalue weighted by Crippen LogP contribution is 1.81. The molecule has 1 rings (SSSR count). The molecule has 0 amide bonds. The Bertz CT molecular complexity index is 346. The third-order valence-corrected chi connectivity index (χ3v) is 1.31. The third kappa shape index (κ3) is 7.80. The molecule has 6 nitrogen and oxygen atoms in total. The van der Waals surface area contributed by atoms with E-state index in [2.05, 4.69) is 4.98 Å². The molecule has 0 N–H and O–H groups in total. The molecule has 0 atom stereocenters. The Kier molecular flexibility index (Phi) is 6.21. The second-order valence-electron chi connectivity index (χ2n) is 1.86. The van der Waals surface area contributed by atoms with Crippen LogP contribution in [0.4, 0.5) is 4.53 Å². The van der Waals surface area contributed by atoms with Crippen LogP contribution in [0.3, 0.4) is 0 Å². The Morgan fingerprint density at radius 1 is 1.64 bits per heavy atom. The van der Waals surface area contributed by atoms with E-state index in [0.717, 1.165) is 0 Å². The molecule has 1 heterocycles. The van der Waals surface area contributed by atoms with Gasteiger partial charge in [-0.25, -0.2) is 13.0 Å². The average Bonchev–Trinajstić information content (AvgIpc) is 2.19. The van der Waals surface area contributed by atoms with Gasteiger partial charge >= 0.3 is 0 Å². The fourth-order valence-electron chi connectivity index (χ4n) is 0.432. The van der Waals surface area contributed by atoms with Crippen LogP contribution >= 0.6 is 11.6 Å². The second kappa shape index (κ2) is 6.60. The normalized spacial score (nSPS) is 10.2. The van der Waals surface area contributed by atoms with Crippen LogP contribution < -0.4 is 4.57 Å². The van der Waals surface area contributed by atoms with Gasteiger partial charge in [0.2, 0.25) is 10.4 Å². The van der Waals surface area contributed by atoms with E-state index in [4.69, 9.17) is 24.6 Å². The molecule has 0 aromatic carbocycles. The molecule has 0 spiro atoms. The average molecular weight is 245 g/mol. The molecule has 0 unspecified atom stereocenters. The van der Waals surface area contributed by atoms with Gasteiger partial charge < -0.3 is 4.55 Å². The summed E-state index contributed by atoms with van der Waals surface area (Å²) in [5.74, 6) is 0. The monoisotopic (exact) mass is 244 g/mol. The summed E-state index contributed by atoms with van der Waals surface area (Å²) in [4.78, 5) is 3.83. The van der Waals surface area contributed by atoms with Crippen molar-refractivity contribution in [2.75, 3.05) is 0 Å². The molecule has 0 saturated heterocycles. The SMILES string of the molecule is ClC[n+]1cccnc1.O=S(=O)([O-])OF. The standard InChI is InChI=1S/C5H6ClN2.FHO4S/c6-4-8-3-1-2-7-5-8;1-5-6(2,3)4/h1-3,5H,4H2;(H,2,3,4)/q+1;/p-1. The second-order valence-corrected chi connectivity index (χ2v) is 3.04. The van der Waals surface area contributed by atoms with Crippen LogP contribution in [0.1, 0.15) is 0 Å². The van der Waals surface area contributed by atoms with Gasteiger partial charge in [-0.3, -0.25) is 0 Å². The number of hydrogen-bond donors (Lipinski definition) is 0. The highest BCUT2D eigenvalue weighted by atomic mass is 35.5. The quantitative estimate of drug-likeness (QED) is 0.314. The number of alkyl halides is 1. The van der Waals surface area contributed by atoms with Crippen LogP contribution in [0.5, 0.6) is 0 Å². The maximum Gasteiger partial charge on any atom is 0.287 e. The zero-order valence-electron chi connectivity index (χ0n) is 6.71. The molecule has 0 bridgehead atoms. The van der Waals surface area contributed by atoms with Gasteiger partial charge in [0.15, 0.2) is 6.00 Å². The molecule has 0 aliphatic heterocycles. The van der Waals surface area contributed by atoms with Crippen LogP contribution in [0, 0.1) is 0 Å². The van der Waals surface area contributed by atoms with Crippen LogP contribution in [-0.2, 0) is 20.8 Å². The topological polar surface area (TPSA) is 83.2 Å². The highest BCUT2D eigenvalue weighted by Gasteiger charge is 1.87. The van der Waals surface area contributed by atoms with E-state index >= 15 is 0 Å². The summed E-state index contributed by atoms with van der Waals surface area (Å²) in [6.45, 7) is 0. The number of rotatable bonds is 2. The largest absolute Gasteiger partial charge is 0.724 e. The van der Waals surface area contributed by atoms with E-state index in [1.54, 1.807) is 17.1 Å². The maximum absolute atomic E-state index is 10.1. The Morgan fingerprint density at radius 2 is 2.21 bits per heavy atom. The summed E-state index contributed by atoms with van der Waals surface area (Å²) < 4.78 is 40.3. The minimum atomic E-state index is -5.08. The summed E-state index contributed by atoms with van der Waals surface area (Å²) in [5.41, 5.74) is 0. The number of nitrogens with zero attached hydrogens (tertiary/aromatic N) is 2. The Labute approximate surface area is 84.8 Å². The first-order chi connectivity index (χ1) is 6.49. The first kappa shape index (κ1) is 13.2. The fraction of sp³-hybridized carbons (Fsp3) is 0.200. The zero-order chi connectivity index (χ0) is 11.0. The van der Waals surface area contributed by atoms with Crippen LogP contribution in [0.25, 0.3) is 0 Å². The van der Waals surface area contributed by atoms with Crippen LogP contribution in [0.2, 0.25) is 0 Å². The highest BCUT2D eigenvalue weighted by molar-refractivity contribution is 7.80. The summed E-state index contributed by atoms with van der Waals surface area (Å²) >= 11 is 5.45. The van der Waals surface area contributed by atoms with Crippen molar-refractivity contribution in [2.24, 2.45) is 0 Å². The van der Waals surface area contributed by atoms with E-state index in [1.807, 2.05) is 16.7 Å². The lowest BCUT2D eigenvalue weighted by Gasteiger charge is -1.92. The Balaban J connectivity index is 0.000000255. The molecule has 0 aliphatic rings. The molecule has 9 heteroatoms. The molecular weight excluding hydrogens is 239 g/mol. The first-order valence-electron chi connectivity index (χ1n) is 3.10. The summed E-state index contributed by atoms with van der Waals surface area (Å²) in [6.07, 6.45) is 5.25. The Hall–Kier alpha value is -0.830. The summed E-state index contributed by atoms with van der Waals surface area (Å²) in [5, 5.41) is 0. The lowest BCUT2D eigenvalue weighted by Crippen LogP contribution is -2.29. The maximum atomic E-state index is 10.1. The molecule has 1 aromatic rings. The summed E-state index contributed by atoms with van der Waals surface area (Å²) in [7, 11) is -5.08. The molecule has 0 fully saturated rings. The van der Waals surface area contributed by atoms with Gasteiger partial charge in [-0.05, 0) is 4.53 Å². The fourth-order valence-corrected chi connectivity index (χ4v) is 0.573. The molecule has 0 saturated carbocycles. The van der Waals surface area contributed by atoms with Gasteiger partial charge in [0.25, 0.3) is 6.33 Å². The van der Waals surface area contributed by atoms with Crippen molar-refractivity contribution >= 4 is 22.0 Å². The van der Waals surface area contributed by atoms with Crippen molar-refractivity contribution in [3.05, 3.63) is 24.8 Å².